The summed E-state index contributed by atoms with van der Waals surface area (Å²) in [7, 11) is 1.65. The molecule has 0 radical (unpaired) electrons. The average Bonchev–Trinajstić information content (AvgIpc) is 3.74. The number of thioether (sulfide) groups is 1. The molecule has 0 saturated carbocycles. The zero-order chi connectivity index (χ0) is 30.1. The molecule has 6 aromatic rings. The molecular weight excluding hydrogens is 589 g/mol. The average molecular weight is 619 g/mol. The Morgan fingerprint density at radius 1 is 0.909 bits per heavy atom. The molecule has 44 heavy (non-hydrogen) atoms. The van der Waals surface area contributed by atoms with E-state index in [1.807, 2.05) is 99.8 Å². The predicted molar refractivity (Wildman–Crippen MR) is 174 cm³/mol. The van der Waals surface area contributed by atoms with Crippen molar-refractivity contribution in [3.8, 4) is 22.8 Å². The first-order valence-electron chi connectivity index (χ1n) is 14.1. The van der Waals surface area contributed by atoms with Gasteiger partial charge in [-0.2, -0.15) is 0 Å². The van der Waals surface area contributed by atoms with Crippen LogP contribution in [0.5, 0.6) is 5.75 Å². The van der Waals surface area contributed by atoms with Crippen LogP contribution in [0.2, 0.25) is 0 Å². The molecule has 0 aliphatic carbocycles. The van der Waals surface area contributed by atoms with Crippen molar-refractivity contribution in [2.45, 2.75) is 23.9 Å². The highest BCUT2D eigenvalue weighted by Crippen LogP contribution is 2.34. The largest absolute Gasteiger partial charge is 0.495 e. The maximum Gasteiger partial charge on any atom is 0.273 e. The number of amides is 1. The molecule has 3 aromatic heterocycles. The van der Waals surface area contributed by atoms with Crippen LogP contribution in [0.1, 0.15) is 26.6 Å². The number of aromatic nitrogens is 5. The number of para-hydroxylation sites is 2. The van der Waals surface area contributed by atoms with Crippen LogP contribution in [0, 0.1) is 0 Å². The third-order valence-electron chi connectivity index (χ3n) is 6.99. The molecule has 0 atom stereocenters. The second-order valence-electron chi connectivity index (χ2n) is 9.92. The summed E-state index contributed by atoms with van der Waals surface area (Å²) in [5.74, 6) is 1.82. The van der Waals surface area contributed by atoms with E-state index in [1.54, 1.807) is 19.5 Å². The lowest BCUT2D eigenvalue weighted by atomic mass is 10.1. The highest BCUT2D eigenvalue weighted by molar-refractivity contribution is 7.98. The smallest absolute Gasteiger partial charge is 0.273 e. The van der Waals surface area contributed by atoms with Gasteiger partial charge in [-0.3, -0.25) is 14.3 Å². The van der Waals surface area contributed by atoms with E-state index in [0.717, 1.165) is 28.2 Å². The van der Waals surface area contributed by atoms with Crippen LogP contribution < -0.4 is 4.74 Å². The van der Waals surface area contributed by atoms with Crippen LogP contribution >= 0.6 is 23.1 Å². The summed E-state index contributed by atoms with van der Waals surface area (Å²) in [6.07, 6.45) is 4.26. The minimum atomic E-state index is -0.0756. The Hall–Kier alpha value is -4.80. The summed E-state index contributed by atoms with van der Waals surface area (Å²) in [4.78, 5) is 24.7. The molecule has 0 bridgehead atoms. The van der Waals surface area contributed by atoms with Gasteiger partial charge in [-0.05, 0) is 41.8 Å². The van der Waals surface area contributed by atoms with E-state index < -0.39 is 0 Å². The topological polar surface area (TPSA) is 86.0 Å². The van der Waals surface area contributed by atoms with E-state index in [1.165, 1.54) is 28.7 Å². The van der Waals surface area contributed by atoms with Gasteiger partial charge >= 0.3 is 0 Å². The van der Waals surface area contributed by atoms with Crippen molar-refractivity contribution in [2.75, 3.05) is 13.7 Å². The summed E-state index contributed by atoms with van der Waals surface area (Å²) in [6.45, 7) is 1.12. The van der Waals surface area contributed by atoms with Gasteiger partial charge in [0.1, 0.15) is 16.5 Å². The van der Waals surface area contributed by atoms with Crippen molar-refractivity contribution in [1.29, 1.82) is 0 Å². The first-order chi connectivity index (χ1) is 21.7. The molecule has 3 heterocycles. The van der Waals surface area contributed by atoms with Crippen LogP contribution in [-0.4, -0.2) is 49.2 Å². The van der Waals surface area contributed by atoms with Crippen molar-refractivity contribution >= 4 is 29.0 Å². The third-order valence-corrected chi connectivity index (χ3v) is 8.96. The zero-order valence-corrected chi connectivity index (χ0v) is 25.7. The molecule has 0 spiro atoms. The fourth-order valence-electron chi connectivity index (χ4n) is 4.81. The number of ether oxygens (including phenoxy) is 1. The number of hydrogen-bond donors (Lipinski definition) is 0. The Morgan fingerprint density at radius 3 is 2.41 bits per heavy atom. The third kappa shape index (κ3) is 6.88. The van der Waals surface area contributed by atoms with Crippen molar-refractivity contribution in [2.24, 2.45) is 0 Å². The van der Waals surface area contributed by atoms with E-state index in [9.17, 15) is 4.79 Å². The number of rotatable bonds is 12. The van der Waals surface area contributed by atoms with E-state index in [0.29, 0.717) is 41.3 Å². The van der Waals surface area contributed by atoms with Crippen molar-refractivity contribution in [1.82, 2.24) is 29.6 Å². The SMILES string of the molecule is COc1ccccc1-n1c(SCc2nc(C(=O)N(CCc3ccccc3)Cc3ccccc3)cs2)nnc1-c1cccnc1. The Kier molecular flexibility index (Phi) is 9.39. The molecule has 3 aromatic carbocycles. The van der Waals surface area contributed by atoms with Crippen LogP contribution in [0.15, 0.2) is 120 Å². The first kappa shape index (κ1) is 29.3. The fraction of sp³-hybridized carbons (Fsp3) is 0.147. The van der Waals surface area contributed by atoms with E-state index >= 15 is 0 Å². The number of methoxy groups -OCH3 is 1. The Labute approximate surface area is 264 Å². The number of carbonyl (C=O) groups is 1. The highest BCUT2D eigenvalue weighted by atomic mass is 32.2. The van der Waals surface area contributed by atoms with E-state index in [4.69, 9.17) is 9.72 Å². The lowest BCUT2D eigenvalue weighted by Gasteiger charge is -2.22. The maximum atomic E-state index is 13.7. The molecule has 0 aliphatic heterocycles. The predicted octanol–water partition coefficient (Wildman–Crippen LogP) is 6.97. The Bertz CT molecular complexity index is 1810. The summed E-state index contributed by atoms with van der Waals surface area (Å²) in [6, 6.07) is 31.9. The number of thiazole rings is 1. The number of benzene rings is 3. The highest BCUT2D eigenvalue weighted by Gasteiger charge is 2.22. The molecule has 0 N–H and O–H groups in total. The Morgan fingerprint density at radius 2 is 1.66 bits per heavy atom. The van der Waals surface area contributed by atoms with Crippen molar-refractivity contribution in [3.05, 3.63) is 137 Å². The number of pyridine rings is 1. The molecule has 1 amide bonds. The minimum absolute atomic E-state index is 0.0756. The standard InChI is InChI=1S/C34H30N6O2S2/c1-42-30-17-9-8-16-29(30)40-32(27-15-10-19-35-21-27)37-38-34(40)44-24-31-36-28(23-43-31)33(41)39(22-26-13-6-3-7-14-26)20-18-25-11-4-2-5-12-25/h2-17,19,21,23H,18,20,22,24H2,1H3. The lowest BCUT2D eigenvalue weighted by molar-refractivity contribution is 0.0740. The van der Waals surface area contributed by atoms with Gasteiger partial charge in [0.2, 0.25) is 0 Å². The molecule has 220 valence electrons. The van der Waals surface area contributed by atoms with Gasteiger partial charge in [0, 0.05) is 36.4 Å². The molecule has 0 saturated heterocycles. The number of hydrogen-bond acceptors (Lipinski definition) is 8. The molecular formula is C34H30N6O2S2. The van der Waals surface area contributed by atoms with Gasteiger partial charge in [0.25, 0.3) is 5.91 Å². The van der Waals surface area contributed by atoms with Crippen molar-refractivity contribution in [3.63, 3.8) is 0 Å². The van der Waals surface area contributed by atoms with Crippen LogP contribution in [0.25, 0.3) is 17.1 Å². The van der Waals surface area contributed by atoms with Gasteiger partial charge in [0.05, 0.1) is 18.6 Å². The number of carbonyl (C=O) groups excluding carboxylic acids is 1. The molecule has 8 nitrogen and oxygen atoms in total. The summed E-state index contributed by atoms with van der Waals surface area (Å²) >= 11 is 2.99. The van der Waals surface area contributed by atoms with Gasteiger partial charge in [-0.25, -0.2) is 4.98 Å². The fourth-order valence-corrected chi connectivity index (χ4v) is 6.54. The minimum Gasteiger partial charge on any atom is -0.495 e. The molecule has 10 heteroatoms. The molecule has 6 rings (SSSR count). The van der Waals surface area contributed by atoms with Gasteiger partial charge < -0.3 is 9.64 Å². The quantitative estimate of drug-likeness (QED) is 0.137. The van der Waals surface area contributed by atoms with E-state index in [2.05, 4.69) is 27.3 Å². The first-order valence-corrected chi connectivity index (χ1v) is 16.0. The second kappa shape index (κ2) is 14.1. The summed E-state index contributed by atoms with van der Waals surface area (Å²) in [5, 5.41) is 12.4. The monoisotopic (exact) mass is 618 g/mol. The Balaban J connectivity index is 1.22. The maximum absolute atomic E-state index is 13.7. The van der Waals surface area contributed by atoms with Gasteiger partial charge in [-0.15, -0.1) is 21.5 Å². The lowest BCUT2D eigenvalue weighted by Crippen LogP contribution is -2.32. The summed E-state index contributed by atoms with van der Waals surface area (Å²) in [5.41, 5.74) is 4.40. The van der Waals surface area contributed by atoms with Crippen LogP contribution in [0.3, 0.4) is 0 Å². The number of nitrogens with zero attached hydrogens (tertiary/aromatic N) is 6. The van der Waals surface area contributed by atoms with Crippen LogP contribution in [0.4, 0.5) is 0 Å². The second-order valence-corrected chi connectivity index (χ2v) is 11.8. The van der Waals surface area contributed by atoms with Gasteiger partial charge in [0.15, 0.2) is 11.0 Å². The normalized spacial score (nSPS) is 10.9. The molecule has 0 fully saturated rings. The van der Waals surface area contributed by atoms with Crippen LogP contribution in [-0.2, 0) is 18.7 Å². The summed E-state index contributed by atoms with van der Waals surface area (Å²) < 4.78 is 7.64. The molecule has 0 aliphatic rings. The van der Waals surface area contributed by atoms with Gasteiger partial charge in [-0.1, -0.05) is 84.6 Å². The van der Waals surface area contributed by atoms with Crippen molar-refractivity contribution < 1.29 is 9.53 Å². The molecule has 0 unspecified atom stereocenters. The van der Waals surface area contributed by atoms with E-state index in [-0.39, 0.29) is 5.91 Å². The zero-order valence-electron chi connectivity index (χ0n) is 24.1.